The van der Waals surface area contributed by atoms with Gasteiger partial charge in [-0.15, -0.1) is 0 Å². The van der Waals surface area contributed by atoms with Crippen molar-refractivity contribution in [1.82, 2.24) is 20.1 Å². The lowest BCUT2D eigenvalue weighted by Crippen LogP contribution is -2.29. The highest BCUT2D eigenvalue weighted by Crippen LogP contribution is 2.28. The van der Waals surface area contributed by atoms with Gasteiger partial charge in [-0.2, -0.15) is 23.0 Å². The van der Waals surface area contributed by atoms with Gasteiger partial charge in [0.1, 0.15) is 10.8 Å². The molecule has 2 aromatic heterocycles. The topological polar surface area (TPSA) is 88.9 Å². The molecule has 12 heteroatoms. The Morgan fingerprint density at radius 2 is 1.91 bits per heavy atom. The highest BCUT2D eigenvalue weighted by Gasteiger charge is 2.30. The zero-order valence-corrected chi connectivity index (χ0v) is 17.3. The van der Waals surface area contributed by atoms with Gasteiger partial charge in [-0.3, -0.25) is 9.59 Å². The number of nitrogens with one attached hydrogen (secondary N) is 2. The summed E-state index contributed by atoms with van der Waals surface area (Å²) in [5, 5.41) is 9.02. The maximum Gasteiger partial charge on any atom is 0.417 e. The minimum Gasteiger partial charge on any atom is -0.381 e. The van der Waals surface area contributed by atoms with Crippen LogP contribution in [0.2, 0.25) is 5.02 Å². The number of hydrogen-bond donors (Lipinski definition) is 2. The molecule has 1 aromatic carbocycles. The summed E-state index contributed by atoms with van der Waals surface area (Å²) >= 11 is 6.05. The van der Waals surface area contributed by atoms with Gasteiger partial charge in [-0.05, 0) is 36.8 Å². The molecule has 0 saturated carbocycles. The first-order valence-corrected chi connectivity index (χ1v) is 9.55. The highest BCUT2D eigenvalue weighted by molar-refractivity contribution is 6.32. The quantitative estimate of drug-likeness (QED) is 0.425. The molecule has 168 valence electrons. The van der Waals surface area contributed by atoms with E-state index in [2.05, 4.69) is 20.7 Å². The molecule has 0 aliphatic carbocycles. The van der Waals surface area contributed by atoms with Crippen molar-refractivity contribution in [2.24, 2.45) is 0 Å². The number of aryl methyl sites for hydroxylation is 1. The summed E-state index contributed by atoms with van der Waals surface area (Å²) in [6.07, 6.45) is -2.76. The first-order chi connectivity index (χ1) is 15.1. The molecule has 0 atom stereocenters. The monoisotopic (exact) mass is 469 g/mol. The predicted molar refractivity (Wildman–Crippen MR) is 110 cm³/mol. The van der Waals surface area contributed by atoms with Gasteiger partial charge in [0.2, 0.25) is 0 Å². The van der Waals surface area contributed by atoms with Gasteiger partial charge in [0.15, 0.2) is 5.82 Å². The largest absolute Gasteiger partial charge is 0.417 e. The molecule has 0 aliphatic heterocycles. The van der Waals surface area contributed by atoms with Crippen molar-refractivity contribution in [3.63, 3.8) is 0 Å². The molecule has 0 saturated heterocycles. The van der Waals surface area contributed by atoms with Crippen molar-refractivity contribution in [3.05, 3.63) is 80.6 Å². The van der Waals surface area contributed by atoms with Crippen LogP contribution in [0.1, 0.15) is 21.5 Å². The number of amides is 1. The van der Waals surface area contributed by atoms with E-state index in [0.717, 1.165) is 22.9 Å². The molecule has 0 fully saturated rings. The lowest BCUT2D eigenvalue weighted by Gasteiger charge is -2.11. The van der Waals surface area contributed by atoms with E-state index in [9.17, 15) is 27.2 Å². The molecule has 0 spiro atoms. The van der Waals surface area contributed by atoms with Crippen LogP contribution in [0, 0.1) is 12.7 Å². The van der Waals surface area contributed by atoms with E-state index in [1.165, 1.54) is 18.3 Å². The Hall–Kier alpha value is -3.47. The third-order valence-electron chi connectivity index (χ3n) is 4.37. The van der Waals surface area contributed by atoms with Crippen LogP contribution in [-0.2, 0) is 6.18 Å². The fraction of sp³-hybridized carbons (Fsp3) is 0.200. The fourth-order valence-electron chi connectivity index (χ4n) is 2.61. The maximum absolute atomic E-state index is 13.6. The second-order valence-corrected chi connectivity index (χ2v) is 7.02. The number of carbonyl (C=O) groups is 1. The molecule has 0 bridgehead atoms. The smallest absolute Gasteiger partial charge is 0.381 e. The summed E-state index contributed by atoms with van der Waals surface area (Å²) in [6.45, 7) is 1.89. The van der Waals surface area contributed by atoms with Gasteiger partial charge in [-0.25, -0.2) is 9.37 Å². The zero-order valence-electron chi connectivity index (χ0n) is 16.5. The molecular formula is C20H16ClF4N5O2. The normalized spacial score (nSPS) is 11.3. The van der Waals surface area contributed by atoms with Crippen molar-refractivity contribution >= 4 is 23.2 Å². The Kier molecular flexibility index (Phi) is 6.78. The van der Waals surface area contributed by atoms with Crippen molar-refractivity contribution in [2.75, 3.05) is 18.4 Å². The summed E-state index contributed by atoms with van der Waals surface area (Å²) in [6, 6.07) is 5.91. The fourth-order valence-corrected chi connectivity index (χ4v) is 2.80. The van der Waals surface area contributed by atoms with Crippen LogP contribution >= 0.6 is 11.6 Å². The minimum absolute atomic E-state index is 0.131. The predicted octanol–water partition coefficient (Wildman–Crippen LogP) is 3.59. The van der Waals surface area contributed by atoms with Gasteiger partial charge in [0.05, 0.1) is 17.4 Å². The molecule has 3 rings (SSSR count). The summed E-state index contributed by atoms with van der Waals surface area (Å²) in [4.78, 5) is 28.1. The average Bonchev–Trinajstić information content (AvgIpc) is 2.75. The third-order valence-corrected chi connectivity index (χ3v) is 4.74. The van der Waals surface area contributed by atoms with Gasteiger partial charge in [-0.1, -0.05) is 17.7 Å². The molecule has 0 unspecified atom stereocenters. The van der Waals surface area contributed by atoms with E-state index in [1.807, 2.05) is 0 Å². The van der Waals surface area contributed by atoms with Gasteiger partial charge in [0.25, 0.3) is 11.5 Å². The zero-order chi connectivity index (χ0) is 23.5. The Labute approximate surface area is 184 Å². The van der Waals surface area contributed by atoms with Gasteiger partial charge >= 0.3 is 6.18 Å². The Balaban J connectivity index is 1.62. The van der Waals surface area contributed by atoms with E-state index in [1.54, 1.807) is 6.92 Å². The van der Waals surface area contributed by atoms with E-state index in [4.69, 9.17) is 11.6 Å². The summed E-state index contributed by atoms with van der Waals surface area (Å²) in [5.41, 5.74) is -1.00. The molecular weight excluding hydrogens is 454 g/mol. The SMILES string of the molecule is Cc1ccc(C(=O)NCCNc2cnn(-c3ccc(C(F)(F)F)cn3)c(=O)c2Cl)cc1F. The number of pyridine rings is 1. The van der Waals surface area contributed by atoms with Crippen molar-refractivity contribution in [3.8, 4) is 5.82 Å². The van der Waals surface area contributed by atoms with Crippen LogP contribution in [0.25, 0.3) is 5.82 Å². The van der Waals surface area contributed by atoms with Gasteiger partial charge < -0.3 is 10.6 Å². The first kappa shape index (κ1) is 23.2. The number of carbonyl (C=O) groups excluding carboxylic acids is 1. The summed E-state index contributed by atoms with van der Waals surface area (Å²) in [7, 11) is 0. The lowest BCUT2D eigenvalue weighted by atomic mass is 10.1. The highest BCUT2D eigenvalue weighted by atomic mass is 35.5. The molecule has 2 heterocycles. The standard InChI is InChI=1S/C20H16ClF4N5O2/c1-11-2-3-12(8-14(11)22)18(31)27-7-6-26-15-10-29-30(19(32)17(15)21)16-5-4-13(9-28-16)20(23,24)25/h2-5,8-10,26H,6-7H2,1H3,(H,27,31). The van der Waals surface area contributed by atoms with Gasteiger partial charge in [0, 0.05) is 24.8 Å². The van der Waals surface area contributed by atoms with Crippen molar-refractivity contribution < 1.29 is 22.4 Å². The number of rotatable bonds is 6. The minimum atomic E-state index is -4.56. The number of benzene rings is 1. The van der Waals surface area contributed by atoms with Crippen LogP contribution in [0.5, 0.6) is 0 Å². The molecule has 3 aromatic rings. The number of anilines is 1. The second-order valence-electron chi connectivity index (χ2n) is 6.64. The number of alkyl halides is 3. The van der Waals surface area contributed by atoms with E-state index < -0.39 is 29.0 Å². The molecule has 7 nitrogen and oxygen atoms in total. The number of hydrogen-bond acceptors (Lipinski definition) is 5. The second kappa shape index (κ2) is 9.35. The van der Waals surface area contributed by atoms with Crippen molar-refractivity contribution in [2.45, 2.75) is 13.1 Å². The van der Waals surface area contributed by atoms with Crippen LogP contribution in [0.15, 0.2) is 47.5 Å². The molecule has 32 heavy (non-hydrogen) atoms. The van der Waals surface area contributed by atoms with E-state index in [0.29, 0.717) is 11.8 Å². The Morgan fingerprint density at radius 1 is 1.16 bits per heavy atom. The Morgan fingerprint density at radius 3 is 2.53 bits per heavy atom. The Bertz CT molecular complexity index is 1200. The van der Waals surface area contributed by atoms with Crippen molar-refractivity contribution in [1.29, 1.82) is 0 Å². The van der Waals surface area contributed by atoms with Crippen LogP contribution in [0.3, 0.4) is 0 Å². The van der Waals surface area contributed by atoms with Crippen LogP contribution in [0.4, 0.5) is 23.2 Å². The third kappa shape index (κ3) is 5.22. The molecule has 1 amide bonds. The maximum atomic E-state index is 13.6. The number of halogens is 5. The molecule has 0 aliphatic rings. The number of nitrogens with zero attached hydrogens (tertiary/aromatic N) is 3. The first-order valence-electron chi connectivity index (χ1n) is 9.17. The number of aromatic nitrogens is 3. The molecule has 0 radical (unpaired) electrons. The lowest BCUT2D eigenvalue weighted by molar-refractivity contribution is -0.137. The summed E-state index contributed by atoms with van der Waals surface area (Å²) < 4.78 is 52.3. The average molecular weight is 470 g/mol. The van der Waals surface area contributed by atoms with E-state index in [-0.39, 0.29) is 35.2 Å². The van der Waals surface area contributed by atoms with E-state index >= 15 is 0 Å². The summed E-state index contributed by atoms with van der Waals surface area (Å²) in [5.74, 6) is -1.09. The van der Waals surface area contributed by atoms with Crippen LogP contribution < -0.4 is 16.2 Å². The van der Waals surface area contributed by atoms with Crippen LogP contribution in [-0.4, -0.2) is 33.8 Å². The molecule has 2 N–H and O–H groups in total.